The summed E-state index contributed by atoms with van der Waals surface area (Å²) in [4.78, 5) is 16.8. The second-order valence-electron chi connectivity index (χ2n) is 6.39. The molecule has 0 aromatic rings. The minimum absolute atomic E-state index is 0. The molecule has 0 radical (unpaired) electrons. The maximum atomic E-state index is 12.5. The molecule has 10 heteroatoms. The SMILES string of the molecule is C=CCCCCCC(=O)C1=NCC[N+]1(CCO)CC(O)CS(=O)(=O)[O-].[Na+]. The predicted octanol–water partition coefficient (Wildman–Crippen LogP) is -3.18. The van der Waals surface area contributed by atoms with Crippen LogP contribution in [0.5, 0.6) is 0 Å². The summed E-state index contributed by atoms with van der Waals surface area (Å²) in [5.74, 6) is -0.802. The Kier molecular flexibility index (Phi) is 12.3. The number of carbonyl (C=O) groups is 1. The topological polar surface area (TPSA) is 127 Å². The van der Waals surface area contributed by atoms with Crippen LogP contribution in [0.15, 0.2) is 17.6 Å². The van der Waals surface area contributed by atoms with E-state index in [-0.39, 0.29) is 65.4 Å². The normalized spacial score (nSPS) is 21.0. The van der Waals surface area contributed by atoms with Crippen molar-refractivity contribution in [2.75, 3.05) is 38.5 Å². The van der Waals surface area contributed by atoms with Gasteiger partial charge in [-0.3, -0.25) is 9.28 Å². The second kappa shape index (κ2) is 12.4. The van der Waals surface area contributed by atoms with E-state index < -0.39 is 22.0 Å². The van der Waals surface area contributed by atoms with E-state index in [0.717, 1.165) is 19.3 Å². The van der Waals surface area contributed by atoms with Crippen LogP contribution in [0, 0.1) is 0 Å². The summed E-state index contributed by atoms with van der Waals surface area (Å²) < 4.78 is 32.5. The summed E-state index contributed by atoms with van der Waals surface area (Å²) in [7, 11) is -4.57. The van der Waals surface area contributed by atoms with Crippen molar-refractivity contribution in [2.45, 2.75) is 38.2 Å². The van der Waals surface area contributed by atoms with Gasteiger partial charge in [0.05, 0.1) is 29.0 Å². The molecule has 8 nitrogen and oxygen atoms in total. The minimum Gasteiger partial charge on any atom is -0.748 e. The van der Waals surface area contributed by atoms with Crippen molar-refractivity contribution in [3.63, 3.8) is 0 Å². The minimum atomic E-state index is -4.57. The molecule has 0 saturated heterocycles. The van der Waals surface area contributed by atoms with E-state index in [1.807, 2.05) is 6.08 Å². The summed E-state index contributed by atoms with van der Waals surface area (Å²) in [6, 6.07) is 0. The van der Waals surface area contributed by atoms with E-state index in [2.05, 4.69) is 11.6 Å². The van der Waals surface area contributed by atoms with Gasteiger partial charge in [-0.2, -0.15) is 0 Å². The van der Waals surface area contributed by atoms with E-state index >= 15 is 0 Å². The van der Waals surface area contributed by atoms with Crippen LogP contribution in [-0.4, -0.2) is 83.9 Å². The molecule has 0 spiro atoms. The molecule has 2 N–H and O–H groups in total. The van der Waals surface area contributed by atoms with Gasteiger partial charge >= 0.3 is 29.6 Å². The van der Waals surface area contributed by atoms with Gasteiger partial charge in [0.1, 0.15) is 25.7 Å². The Labute approximate surface area is 177 Å². The number of hydrogen-bond acceptors (Lipinski definition) is 7. The van der Waals surface area contributed by atoms with Gasteiger partial charge in [0.15, 0.2) is 0 Å². The summed E-state index contributed by atoms with van der Waals surface area (Å²) in [5, 5.41) is 19.3. The van der Waals surface area contributed by atoms with Crippen LogP contribution in [-0.2, 0) is 14.9 Å². The largest absolute Gasteiger partial charge is 1.00 e. The van der Waals surface area contributed by atoms with Crippen molar-refractivity contribution in [1.29, 1.82) is 0 Å². The first-order valence-corrected chi connectivity index (χ1v) is 10.1. The van der Waals surface area contributed by atoms with Gasteiger partial charge in [-0.15, -0.1) is 6.58 Å². The van der Waals surface area contributed by atoms with Gasteiger partial charge in [-0.05, 0) is 19.3 Å². The van der Waals surface area contributed by atoms with Gasteiger partial charge in [-0.1, -0.05) is 12.5 Å². The molecule has 0 fully saturated rings. The zero-order chi connectivity index (χ0) is 18.9. The Bertz CT molecular complexity index is 596. The van der Waals surface area contributed by atoms with Crippen LogP contribution in [0.25, 0.3) is 0 Å². The summed E-state index contributed by atoms with van der Waals surface area (Å²) >= 11 is 0. The van der Waals surface area contributed by atoms with Crippen molar-refractivity contribution in [3.8, 4) is 0 Å². The number of quaternary nitrogens is 1. The average Bonchev–Trinajstić information content (AvgIpc) is 2.88. The quantitative estimate of drug-likeness (QED) is 0.111. The fourth-order valence-corrected chi connectivity index (χ4v) is 3.77. The molecule has 1 aliphatic heterocycles. The zero-order valence-corrected chi connectivity index (χ0v) is 18.3. The van der Waals surface area contributed by atoms with Crippen LogP contribution in [0.4, 0.5) is 0 Å². The monoisotopic (exact) mass is 399 g/mol. The molecule has 2 unspecified atom stereocenters. The first-order chi connectivity index (χ1) is 11.7. The number of allylic oxidation sites excluding steroid dienone is 1. The van der Waals surface area contributed by atoms with Gasteiger partial charge in [0.2, 0.25) is 5.78 Å². The van der Waals surface area contributed by atoms with E-state index in [0.29, 0.717) is 25.9 Å². The fourth-order valence-electron chi connectivity index (χ4n) is 3.19. The summed E-state index contributed by atoms with van der Waals surface area (Å²) in [5.41, 5.74) is 0. The molecular weight excluding hydrogens is 371 g/mol. The molecule has 0 aromatic carbocycles. The molecule has 0 saturated carbocycles. The number of rotatable bonds is 13. The standard InChI is InChI=1S/C16H28N2O6S.Na/c1-2-3-4-5-6-7-15(21)16-17-8-9-18(16,10-11-19)12-14(20)13-25(22,23)24;/h2,14,19-20H,1,3-13H2;/q;+1. The Morgan fingerprint density at radius 1 is 1.38 bits per heavy atom. The maximum Gasteiger partial charge on any atom is 1.00 e. The zero-order valence-electron chi connectivity index (χ0n) is 15.5. The Morgan fingerprint density at radius 3 is 2.65 bits per heavy atom. The molecule has 0 bridgehead atoms. The molecule has 1 heterocycles. The number of aliphatic hydroxyl groups excluding tert-OH is 2. The van der Waals surface area contributed by atoms with Crippen LogP contribution < -0.4 is 29.6 Å². The van der Waals surface area contributed by atoms with E-state index in [9.17, 15) is 28.0 Å². The van der Waals surface area contributed by atoms with Gasteiger partial charge in [0, 0.05) is 6.42 Å². The third-order valence-electron chi connectivity index (χ3n) is 4.29. The number of nitrogens with zero attached hydrogens (tertiary/aromatic N) is 2. The number of carbonyl (C=O) groups excluding carboxylic acids is 1. The van der Waals surface area contributed by atoms with Crippen molar-refractivity contribution in [3.05, 3.63) is 12.7 Å². The third-order valence-corrected chi connectivity index (χ3v) is 5.08. The van der Waals surface area contributed by atoms with E-state index in [1.54, 1.807) is 0 Å². The number of unbranched alkanes of at least 4 members (excludes halogenated alkanes) is 3. The molecule has 0 aliphatic carbocycles. The maximum absolute atomic E-state index is 12.5. The molecular formula is C16H28N2NaO6S+. The van der Waals surface area contributed by atoms with Crippen LogP contribution in [0.3, 0.4) is 0 Å². The average molecular weight is 399 g/mol. The van der Waals surface area contributed by atoms with Crippen LogP contribution in [0.1, 0.15) is 32.1 Å². The Morgan fingerprint density at radius 2 is 2.08 bits per heavy atom. The number of hydrogen-bond donors (Lipinski definition) is 2. The fraction of sp³-hybridized carbons (Fsp3) is 0.750. The Balaban J connectivity index is 0.00000625. The molecule has 2 atom stereocenters. The van der Waals surface area contributed by atoms with E-state index in [1.165, 1.54) is 0 Å². The number of amidine groups is 1. The molecule has 26 heavy (non-hydrogen) atoms. The summed E-state index contributed by atoms with van der Waals surface area (Å²) in [6.07, 6.45) is 4.20. The first kappa shape index (κ1) is 25.9. The third kappa shape index (κ3) is 8.71. The van der Waals surface area contributed by atoms with Crippen LogP contribution in [0.2, 0.25) is 0 Å². The van der Waals surface area contributed by atoms with Gasteiger partial charge in [0.25, 0.3) is 5.84 Å². The summed E-state index contributed by atoms with van der Waals surface area (Å²) in [6.45, 7) is 4.21. The van der Waals surface area contributed by atoms with E-state index in [4.69, 9.17) is 0 Å². The molecule has 1 aliphatic rings. The smallest absolute Gasteiger partial charge is 0.748 e. The first-order valence-electron chi connectivity index (χ1n) is 8.52. The van der Waals surface area contributed by atoms with Crippen molar-refractivity contribution < 1.29 is 62.0 Å². The molecule has 0 aromatic heterocycles. The second-order valence-corrected chi connectivity index (χ2v) is 7.84. The molecule has 0 amide bonds. The Hall–Kier alpha value is -0.130. The predicted molar refractivity (Wildman–Crippen MR) is 93.1 cm³/mol. The number of aliphatic imine (C=N–C) groups is 1. The van der Waals surface area contributed by atoms with Gasteiger partial charge in [-0.25, -0.2) is 13.4 Å². The molecule has 144 valence electrons. The van der Waals surface area contributed by atoms with Crippen molar-refractivity contribution in [1.82, 2.24) is 0 Å². The molecule has 1 rings (SSSR count). The van der Waals surface area contributed by atoms with Crippen LogP contribution >= 0.6 is 0 Å². The number of aliphatic hydroxyl groups is 2. The van der Waals surface area contributed by atoms with Gasteiger partial charge < -0.3 is 14.8 Å². The van der Waals surface area contributed by atoms with Crippen molar-refractivity contribution in [2.24, 2.45) is 4.99 Å². The van der Waals surface area contributed by atoms with Crippen molar-refractivity contribution >= 4 is 21.7 Å². The number of Topliss-reactive ketones (excluding diaryl/α,β-unsaturated/α-hetero) is 1. The number of ketones is 1.